The van der Waals surface area contributed by atoms with Gasteiger partial charge in [0.25, 0.3) is 10.0 Å². The zero-order valence-corrected chi connectivity index (χ0v) is 21.4. The Labute approximate surface area is 217 Å². The van der Waals surface area contributed by atoms with Crippen molar-refractivity contribution in [1.82, 2.24) is 5.32 Å². The van der Waals surface area contributed by atoms with Crippen molar-refractivity contribution in [2.45, 2.75) is 17.9 Å². The molecule has 0 heterocycles. The van der Waals surface area contributed by atoms with Crippen molar-refractivity contribution in [2.75, 3.05) is 18.0 Å². The minimum Gasteiger partial charge on any atom is -0.496 e. The number of amides is 1. The molecule has 0 spiro atoms. The molecule has 0 bridgehead atoms. The van der Waals surface area contributed by atoms with Crippen LogP contribution in [-0.2, 0) is 14.8 Å². The van der Waals surface area contributed by atoms with E-state index in [1.807, 2.05) is 61.5 Å². The van der Waals surface area contributed by atoms with Gasteiger partial charge in [-0.1, -0.05) is 54.6 Å². The Balaban J connectivity index is 1.59. The molecule has 1 atom stereocenters. The molecule has 0 radical (unpaired) electrons. The number of para-hydroxylation sites is 2. The lowest BCUT2D eigenvalue weighted by molar-refractivity contribution is -0.120. The Bertz CT molecular complexity index is 1430. The maximum Gasteiger partial charge on any atom is 0.264 e. The molecule has 190 valence electrons. The van der Waals surface area contributed by atoms with E-state index in [0.717, 1.165) is 9.87 Å². The van der Waals surface area contributed by atoms with Gasteiger partial charge in [0, 0.05) is 5.56 Å². The lowest BCUT2D eigenvalue weighted by Gasteiger charge is -2.25. The van der Waals surface area contributed by atoms with Crippen LogP contribution in [0, 0.1) is 0 Å². The lowest BCUT2D eigenvalue weighted by atomic mass is 10.1. The molecule has 7 nitrogen and oxygen atoms in total. The van der Waals surface area contributed by atoms with Gasteiger partial charge in [-0.15, -0.1) is 0 Å². The fourth-order valence-corrected chi connectivity index (χ4v) is 5.30. The quantitative estimate of drug-likeness (QED) is 0.298. The summed E-state index contributed by atoms with van der Waals surface area (Å²) < 4.78 is 39.5. The highest BCUT2D eigenvalue weighted by Gasteiger charge is 2.28. The van der Waals surface area contributed by atoms with Gasteiger partial charge in [-0.2, -0.15) is 0 Å². The first kappa shape index (κ1) is 25.8. The van der Waals surface area contributed by atoms with Crippen LogP contribution >= 0.6 is 0 Å². The summed E-state index contributed by atoms with van der Waals surface area (Å²) in [5.74, 6) is 1.38. The molecule has 1 N–H and O–H groups in total. The SMILES string of the molecule is COc1ccccc1C(C)NC(=O)CN(c1ccc(Oc2ccccc2)cc1)S(=O)(=O)c1ccccc1. The van der Waals surface area contributed by atoms with Crippen LogP contribution in [0.15, 0.2) is 114 Å². The number of hydrogen-bond acceptors (Lipinski definition) is 5. The summed E-state index contributed by atoms with van der Waals surface area (Å²) >= 11 is 0. The Morgan fingerprint density at radius 2 is 1.38 bits per heavy atom. The minimum absolute atomic E-state index is 0.0881. The second-order valence-electron chi connectivity index (χ2n) is 8.26. The van der Waals surface area contributed by atoms with Crippen LogP contribution in [0.2, 0.25) is 0 Å². The smallest absolute Gasteiger partial charge is 0.264 e. The van der Waals surface area contributed by atoms with Crippen molar-refractivity contribution in [1.29, 1.82) is 0 Å². The van der Waals surface area contributed by atoms with E-state index < -0.39 is 28.5 Å². The summed E-state index contributed by atoms with van der Waals surface area (Å²) in [6.07, 6.45) is 0. The number of nitrogens with one attached hydrogen (secondary N) is 1. The van der Waals surface area contributed by atoms with Crippen LogP contribution in [0.1, 0.15) is 18.5 Å². The maximum absolute atomic E-state index is 13.6. The second kappa shape index (κ2) is 11.6. The minimum atomic E-state index is -4.03. The monoisotopic (exact) mass is 516 g/mol. The summed E-state index contributed by atoms with van der Waals surface area (Å²) in [7, 11) is -2.46. The molecule has 0 fully saturated rings. The molecule has 4 aromatic carbocycles. The maximum atomic E-state index is 13.6. The highest BCUT2D eigenvalue weighted by molar-refractivity contribution is 7.92. The van der Waals surface area contributed by atoms with Gasteiger partial charge in [0.1, 0.15) is 23.8 Å². The first-order valence-electron chi connectivity index (χ1n) is 11.7. The van der Waals surface area contributed by atoms with Crippen LogP contribution in [0.4, 0.5) is 5.69 Å². The highest BCUT2D eigenvalue weighted by Crippen LogP contribution is 2.29. The fourth-order valence-electron chi connectivity index (χ4n) is 3.86. The number of rotatable bonds is 10. The van der Waals surface area contributed by atoms with Crippen LogP contribution in [0.3, 0.4) is 0 Å². The third-order valence-electron chi connectivity index (χ3n) is 5.70. The van der Waals surface area contributed by atoms with Crippen molar-refractivity contribution in [2.24, 2.45) is 0 Å². The van der Waals surface area contributed by atoms with Crippen molar-refractivity contribution >= 4 is 21.6 Å². The Morgan fingerprint density at radius 1 is 0.811 bits per heavy atom. The number of carbonyl (C=O) groups is 1. The summed E-state index contributed by atoms with van der Waals surface area (Å²) in [6, 6.07) is 30.9. The van der Waals surface area contributed by atoms with Gasteiger partial charge in [-0.25, -0.2) is 8.42 Å². The zero-order valence-electron chi connectivity index (χ0n) is 20.6. The predicted molar refractivity (Wildman–Crippen MR) is 143 cm³/mol. The summed E-state index contributed by atoms with van der Waals surface area (Å²) in [5.41, 5.74) is 1.13. The molecule has 1 amide bonds. The standard InChI is InChI=1S/C29H28N2O5S/c1-22(27-15-9-10-16-28(27)35-2)30-29(32)21-31(37(33,34)26-13-7-4-8-14-26)23-17-19-25(20-18-23)36-24-11-5-3-6-12-24/h3-20,22H,21H2,1-2H3,(H,30,32). The van der Waals surface area contributed by atoms with Crippen molar-refractivity contribution in [3.05, 3.63) is 115 Å². The zero-order chi connectivity index (χ0) is 26.3. The van der Waals surface area contributed by atoms with Gasteiger partial charge < -0.3 is 14.8 Å². The molecule has 0 aliphatic rings. The second-order valence-corrected chi connectivity index (χ2v) is 10.1. The van der Waals surface area contributed by atoms with Crippen molar-refractivity contribution in [3.8, 4) is 17.2 Å². The number of sulfonamides is 1. The van der Waals surface area contributed by atoms with E-state index in [2.05, 4.69) is 5.32 Å². The molecule has 4 rings (SSSR count). The molecular formula is C29H28N2O5S. The number of benzene rings is 4. The van der Waals surface area contributed by atoms with Crippen LogP contribution in [0.25, 0.3) is 0 Å². The number of nitrogens with zero attached hydrogens (tertiary/aromatic N) is 1. The van der Waals surface area contributed by atoms with E-state index in [4.69, 9.17) is 9.47 Å². The Morgan fingerprint density at radius 3 is 2.03 bits per heavy atom. The molecule has 4 aromatic rings. The first-order chi connectivity index (χ1) is 17.9. The Hall–Kier alpha value is -4.30. The van der Waals surface area contributed by atoms with Crippen LogP contribution in [0.5, 0.6) is 17.2 Å². The Kier molecular flexibility index (Phi) is 8.10. The molecule has 0 aromatic heterocycles. The molecule has 8 heteroatoms. The van der Waals surface area contributed by atoms with Gasteiger partial charge >= 0.3 is 0 Å². The molecule has 37 heavy (non-hydrogen) atoms. The average molecular weight is 517 g/mol. The number of methoxy groups -OCH3 is 1. The molecular weight excluding hydrogens is 488 g/mol. The van der Waals surface area contributed by atoms with Gasteiger partial charge in [-0.05, 0) is 61.5 Å². The van der Waals surface area contributed by atoms with Gasteiger partial charge in [-0.3, -0.25) is 9.10 Å². The lowest BCUT2D eigenvalue weighted by Crippen LogP contribution is -2.41. The normalized spacial score (nSPS) is 11.8. The predicted octanol–water partition coefficient (Wildman–Crippen LogP) is 5.56. The van der Waals surface area contributed by atoms with Crippen LogP contribution in [-0.4, -0.2) is 28.0 Å². The largest absolute Gasteiger partial charge is 0.496 e. The van der Waals surface area contributed by atoms with Gasteiger partial charge in [0.2, 0.25) is 5.91 Å². The highest BCUT2D eigenvalue weighted by atomic mass is 32.2. The number of ether oxygens (including phenoxy) is 2. The summed E-state index contributed by atoms with van der Waals surface area (Å²) in [4.78, 5) is 13.2. The summed E-state index contributed by atoms with van der Waals surface area (Å²) in [6.45, 7) is 1.41. The van der Waals surface area contributed by atoms with Gasteiger partial charge in [0.15, 0.2) is 0 Å². The number of hydrogen-bond donors (Lipinski definition) is 1. The van der Waals surface area contributed by atoms with Crippen LogP contribution < -0.4 is 19.1 Å². The van der Waals surface area contributed by atoms with Crippen molar-refractivity contribution < 1.29 is 22.7 Å². The van der Waals surface area contributed by atoms with Crippen molar-refractivity contribution in [3.63, 3.8) is 0 Å². The topological polar surface area (TPSA) is 84.9 Å². The molecule has 0 saturated carbocycles. The third kappa shape index (κ3) is 6.29. The average Bonchev–Trinajstić information content (AvgIpc) is 2.93. The molecule has 0 aliphatic carbocycles. The first-order valence-corrected chi connectivity index (χ1v) is 13.2. The molecule has 0 aliphatic heterocycles. The number of carbonyl (C=O) groups excluding carboxylic acids is 1. The number of anilines is 1. The van der Waals surface area contributed by atoms with E-state index >= 15 is 0 Å². The fraction of sp³-hybridized carbons (Fsp3) is 0.138. The molecule has 0 saturated heterocycles. The van der Waals surface area contributed by atoms with E-state index in [-0.39, 0.29) is 4.90 Å². The third-order valence-corrected chi connectivity index (χ3v) is 7.49. The van der Waals surface area contributed by atoms with Gasteiger partial charge in [0.05, 0.1) is 23.7 Å². The van der Waals surface area contributed by atoms with E-state index in [1.165, 1.54) is 12.1 Å². The van der Waals surface area contributed by atoms with E-state index in [1.54, 1.807) is 49.6 Å². The van der Waals surface area contributed by atoms with E-state index in [0.29, 0.717) is 22.9 Å². The van der Waals surface area contributed by atoms with E-state index in [9.17, 15) is 13.2 Å². The molecule has 1 unspecified atom stereocenters. The summed E-state index contributed by atoms with van der Waals surface area (Å²) in [5, 5.41) is 2.89.